The van der Waals surface area contributed by atoms with Crippen LogP contribution >= 0.6 is 0 Å². The van der Waals surface area contributed by atoms with E-state index in [1.54, 1.807) is 5.57 Å². The van der Waals surface area contributed by atoms with Crippen LogP contribution in [0.3, 0.4) is 0 Å². The standard InChI is InChI=1S/C14H25N/c15-14(13-9-5-2-6-10-13)11-12-7-3-1-4-8-12/h7,13-14H,1-6,8-11,15H2. The highest BCUT2D eigenvalue weighted by Crippen LogP contribution is 2.30. The summed E-state index contributed by atoms with van der Waals surface area (Å²) in [7, 11) is 0. The highest BCUT2D eigenvalue weighted by Gasteiger charge is 2.21. The van der Waals surface area contributed by atoms with E-state index in [0.29, 0.717) is 6.04 Å². The third kappa shape index (κ3) is 3.34. The van der Waals surface area contributed by atoms with Gasteiger partial charge in [0.1, 0.15) is 0 Å². The molecule has 1 heteroatoms. The van der Waals surface area contributed by atoms with Gasteiger partial charge < -0.3 is 5.73 Å². The molecule has 2 aliphatic carbocycles. The van der Waals surface area contributed by atoms with Crippen LogP contribution in [-0.2, 0) is 0 Å². The summed E-state index contributed by atoms with van der Waals surface area (Å²) in [5.74, 6) is 0.821. The molecule has 2 aliphatic rings. The molecule has 0 aromatic heterocycles. The first-order valence-corrected chi connectivity index (χ1v) is 6.80. The first-order valence-electron chi connectivity index (χ1n) is 6.80. The smallest absolute Gasteiger partial charge is 0.0104 e. The molecule has 86 valence electrons. The molecule has 0 radical (unpaired) electrons. The predicted molar refractivity (Wildman–Crippen MR) is 65.7 cm³/mol. The van der Waals surface area contributed by atoms with E-state index in [4.69, 9.17) is 5.73 Å². The SMILES string of the molecule is NC(CC1=CCCCC1)C1CCCCC1. The molecule has 0 aromatic carbocycles. The number of nitrogens with two attached hydrogens (primary N) is 1. The Morgan fingerprint density at radius 3 is 2.60 bits per heavy atom. The zero-order chi connectivity index (χ0) is 10.5. The van der Waals surface area contributed by atoms with Gasteiger partial charge in [0.2, 0.25) is 0 Å². The quantitative estimate of drug-likeness (QED) is 0.700. The van der Waals surface area contributed by atoms with E-state index in [1.165, 1.54) is 64.2 Å². The van der Waals surface area contributed by atoms with Crippen molar-refractivity contribution >= 4 is 0 Å². The fraction of sp³-hybridized carbons (Fsp3) is 0.857. The van der Waals surface area contributed by atoms with Crippen LogP contribution in [0.15, 0.2) is 11.6 Å². The van der Waals surface area contributed by atoms with E-state index in [-0.39, 0.29) is 0 Å². The molecule has 0 aliphatic heterocycles. The van der Waals surface area contributed by atoms with Crippen LogP contribution in [0, 0.1) is 5.92 Å². The van der Waals surface area contributed by atoms with E-state index in [2.05, 4.69) is 6.08 Å². The minimum atomic E-state index is 0.453. The highest BCUT2D eigenvalue weighted by molar-refractivity contribution is 5.07. The van der Waals surface area contributed by atoms with Gasteiger partial charge in [-0.25, -0.2) is 0 Å². The lowest BCUT2D eigenvalue weighted by atomic mass is 9.81. The van der Waals surface area contributed by atoms with E-state index < -0.39 is 0 Å². The maximum absolute atomic E-state index is 6.34. The van der Waals surface area contributed by atoms with Gasteiger partial charge in [-0.3, -0.25) is 0 Å². The number of rotatable bonds is 3. The Morgan fingerprint density at radius 2 is 1.93 bits per heavy atom. The van der Waals surface area contributed by atoms with Crippen LogP contribution in [0.1, 0.15) is 64.2 Å². The van der Waals surface area contributed by atoms with Crippen molar-refractivity contribution in [1.82, 2.24) is 0 Å². The second kappa shape index (κ2) is 5.69. The van der Waals surface area contributed by atoms with Gasteiger partial charge in [-0.05, 0) is 50.9 Å². The number of hydrogen-bond donors (Lipinski definition) is 1. The first-order chi connectivity index (χ1) is 7.36. The lowest BCUT2D eigenvalue weighted by molar-refractivity contribution is 0.301. The van der Waals surface area contributed by atoms with Crippen molar-refractivity contribution < 1.29 is 0 Å². The normalized spacial score (nSPS) is 26.1. The molecule has 15 heavy (non-hydrogen) atoms. The van der Waals surface area contributed by atoms with E-state index in [1.807, 2.05) is 0 Å². The van der Waals surface area contributed by atoms with Crippen molar-refractivity contribution in [1.29, 1.82) is 0 Å². The molecule has 0 amide bonds. The third-order valence-electron chi connectivity index (χ3n) is 4.14. The van der Waals surface area contributed by atoms with Gasteiger partial charge in [-0.1, -0.05) is 30.9 Å². The second-order valence-corrected chi connectivity index (χ2v) is 5.37. The summed E-state index contributed by atoms with van der Waals surface area (Å²) >= 11 is 0. The maximum Gasteiger partial charge on any atom is 0.0104 e. The summed E-state index contributed by atoms with van der Waals surface area (Å²) in [6.07, 6.45) is 16.1. The largest absolute Gasteiger partial charge is 0.327 e. The zero-order valence-corrected chi connectivity index (χ0v) is 9.88. The maximum atomic E-state index is 6.34. The number of allylic oxidation sites excluding steroid dienone is 1. The molecule has 0 spiro atoms. The zero-order valence-electron chi connectivity index (χ0n) is 9.88. The summed E-state index contributed by atoms with van der Waals surface area (Å²) in [4.78, 5) is 0. The molecule has 0 aromatic rings. The third-order valence-corrected chi connectivity index (χ3v) is 4.14. The molecule has 2 N–H and O–H groups in total. The Bertz CT molecular complexity index is 213. The van der Waals surface area contributed by atoms with Crippen LogP contribution in [0.2, 0.25) is 0 Å². The average Bonchev–Trinajstić information content (AvgIpc) is 2.31. The van der Waals surface area contributed by atoms with Crippen LogP contribution in [-0.4, -0.2) is 6.04 Å². The van der Waals surface area contributed by atoms with Gasteiger partial charge in [-0.2, -0.15) is 0 Å². The van der Waals surface area contributed by atoms with Crippen molar-refractivity contribution in [3.8, 4) is 0 Å². The van der Waals surface area contributed by atoms with Gasteiger partial charge in [0.15, 0.2) is 0 Å². The molecule has 0 bridgehead atoms. The molecule has 1 nitrogen and oxygen atoms in total. The minimum absolute atomic E-state index is 0.453. The topological polar surface area (TPSA) is 26.0 Å². The predicted octanol–water partition coefficient (Wildman–Crippen LogP) is 3.78. The van der Waals surface area contributed by atoms with Gasteiger partial charge in [0.05, 0.1) is 0 Å². The van der Waals surface area contributed by atoms with E-state index in [9.17, 15) is 0 Å². The molecule has 1 atom stereocenters. The molecule has 1 fully saturated rings. The van der Waals surface area contributed by atoms with Crippen LogP contribution in [0.25, 0.3) is 0 Å². The molecule has 1 saturated carbocycles. The molecule has 2 rings (SSSR count). The molecular weight excluding hydrogens is 182 g/mol. The summed E-state index contributed by atoms with van der Waals surface area (Å²) in [6.45, 7) is 0. The monoisotopic (exact) mass is 207 g/mol. The Hall–Kier alpha value is -0.300. The Labute approximate surface area is 94.1 Å². The van der Waals surface area contributed by atoms with Gasteiger partial charge >= 0.3 is 0 Å². The molecule has 0 saturated heterocycles. The van der Waals surface area contributed by atoms with Crippen molar-refractivity contribution in [3.05, 3.63) is 11.6 Å². The van der Waals surface area contributed by atoms with Crippen molar-refractivity contribution in [2.75, 3.05) is 0 Å². The average molecular weight is 207 g/mol. The lowest BCUT2D eigenvalue weighted by Gasteiger charge is -2.28. The van der Waals surface area contributed by atoms with E-state index >= 15 is 0 Å². The van der Waals surface area contributed by atoms with Gasteiger partial charge in [0, 0.05) is 6.04 Å². The van der Waals surface area contributed by atoms with E-state index in [0.717, 1.165) is 5.92 Å². The fourth-order valence-corrected chi connectivity index (χ4v) is 3.12. The Balaban J connectivity index is 1.79. The van der Waals surface area contributed by atoms with Crippen molar-refractivity contribution in [3.63, 3.8) is 0 Å². The summed E-state index contributed by atoms with van der Waals surface area (Å²) < 4.78 is 0. The second-order valence-electron chi connectivity index (χ2n) is 5.37. The summed E-state index contributed by atoms with van der Waals surface area (Å²) in [5.41, 5.74) is 7.99. The van der Waals surface area contributed by atoms with Crippen molar-refractivity contribution in [2.24, 2.45) is 11.7 Å². The highest BCUT2D eigenvalue weighted by atomic mass is 14.6. The van der Waals surface area contributed by atoms with Gasteiger partial charge in [-0.15, -0.1) is 0 Å². The Morgan fingerprint density at radius 1 is 1.13 bits per heavy atom. The first kappa shape index (κ1) is 11.2. The van der Waals surface area contributed by atoms with Crippen molar-refractivity contribution in [2.45, 2.75) is 70.3 Å². The molecule has 1 unspecified atom stereocenters. The number of hydrogen-bond acceptors (Lipinski definition) is 1. The molecular formula is C14H25N. The van der Waals surface area contributed by atoms with Crippen LogP contribution in [0.4, 0.5) is 0 Å². The minimum Gasteiger partial charge on any atom is -0.327 e. The van der Waals surface area contributed by atoms with Crippen LogP contribution in [0.5, 0.6) is 0 Å². The fourth-order valence-electron chi connectivity index (χ4n) is 3.12. The lowest BCUT2D eigenvalue weighted by Crippen LogP contribution is -2.32. The molecule has 0 heterocycles. The van der Waals surface area contributed by atoms with Crippen LogP contribution < -0.4 is 5.73 Å². The Kier molecular flexibility index (Phi) is 4.25. The van der Waals surface area contributed by atoms with Gasteiger partial charge in [0.25, 0.3) is 0 Å². The summed E-state index contributed by atoms with van der Waals surface area (Å²) in [5, 5.41) is 0. The summed E-state index contributed by atoms with van der Waals surface area (Å²) in [6, 6.07) is 0.453.